The molecule has 0 aliphatic carbocycles. The Morgan fingerprint density at radius 2 is 1.96 bits per heavy atom. The van der Waals surface area contributed by atoms with Crippen molar-refractivity contribution in [3.8, 4) is 0 Å². The quantitative estimate of drug-likeness (QED) is 0.699. The van der Waals surface area contributed by atoms with Crippen molar-refractivity contribution in [3.05, 3.63) is 69.9 Å². The number of rotatable bonds is 5. The number of thiophene rings is 1. The second kappa shape index (κ2) is 7.39. The summed E-state index contributed by atoms with van der Waals surface area (Å²) in [4.78, 5) is 12.6. The summed E-state index contributed by atoms with van der Waals surface area (Å²) in [6.45, 7) is 2.08. The van der Waals surface area contributed by atoms with Gasteiger partial charge in [0.25, 0.3) is 5.91 Å². The second-order valence-corrected chi connectivity index (χ2v) is 6.91. The first-order chi connectivity index (χ1) is 11.2. The van der Waals surface area contributed by atoms with E-state index in [1.807, 2.05) is 17.5 Å². The molecule has 1 amide bonds. The number of thioether (sulfide) groups is 1. The van der Waals surface area contributed by atoms with Crippen LogP contribution in [0.3, 0.4) is 0 Å². The third-order valence-corrected chi connectivity index (χ3v) is 4.99. The monoisotopic (exact) mass is 341 g/mol. The number of anilines is 1. The summed E-state index contributed by atoms with van der Waals surface area (Å²) >= 11 is 3.02. The van der Waals surface area contributed by atoms with Crippen LogP contribution in [0.25, 0.3) is 0 Å². The van der Waals surface area contributed by atoms with Crippen LogP contribution >= 0.6 is 23.1 Å². The van der Waals surface area contributed by atoms with Crippen LogP contribution in [-0.4, -0.2) is 16.1 Å². The van der Waals surface area contributed by atoms with Gasteiger partial charge in [-0.2, -0.15) is 0 Å². The lowest BCUT2D eigenvalue weighted by Gasteiger charge is -2.04. The molecule has 6 heteroatoms. The van der Waals surface area contributed by atoms with Gasteiger partial charge in [0, 0.05) is 5.75 Å². The summed E-state index contributed by atoms with van der Waals surface area (Å²) in [5.74, 6) is 1.15. The smallest absolute Gasteiger partial charge is 0.266 e. The first-order valence-corrected chi connectivity index (χ1v) is 8.94. The van der Waals surface area contributed by atoms with Crippen LogP contribution in [0.4, 0.5) is 5.82 Å². The van der Waals surface area contributed by atoms with Crippen LogP contribution in [0.1, 0.15) is 20.8 Å². The molecule has 1 aromatic carbocycles. The third-order valence-electron chi connectivity index (χ3n) is 3.13. The Balaban J connectivity index is 1.56. The Hall–Kier alpha value is -2.18. The molecule has 0 unspecified atom stereocenters. The van der Waals surface area contributed by atoms with Crippen molar-refractivity contribution in [2.45, 2.75) is 17.7 Å². The highest BCUT2D eigenvalue weighted by molar-refractivity contribution is 7.98. The molecule has 0 spiro atoms. The molecule has 2 heterocycles. The van der Waals surface area contributed by atoms with Crippen molar-refractivity contribution in [1.29, 1.82) is 0 Å². The third kappa shape index (κ3) is 4.40. The average Bonchev–Trinajstić information content (AvgIpc) is 3.10. The normalized spacial score (nSPS) is 10.5. The lowest BCUT2D eigenvalue weighted by atomic mass is 10.2. The fourth-order valence-electron chi connectivity index (χ4n) is 1.89. The number of hydrogen-bond donors (Lipinski definition) is 1. The number of nitrogens with one attached hydrogen (secondary N) is 1. The summed E-state index contributed by atoms with van der Waals surface area (Å²) in [5.41, 5.74) is 2.50. The lowest BCUT2D eigenvalue weighted by molar-refractivity contribution is 0.103. The number of hydrogen-bond acceptors (Lipinski definition) is 5. The van der Waals surface area contributed by atoms with Gasteiger partial charge in [-0.1, -0.05) is 47.7 Å². The van der Waals surface area contributed by atoms with Gasteiger partial charge in [0.15, 0.2) is 5.82 Å². The van der Waals surface area contributed by atoms with Gasteiger partial charge in [0.1, 0.15) is 5.03 Å². The zero-order valence-electron chi connectivity index (χ0n) is 12.5. The van der Waals surface area contributed by atoms with Gasteiger partial charge in [-0.15, -0.1) is 21.5 Å². The summed E-state index contributed by atoms with van der Waals surface area (Å²) in [6, 6.07) is 15.7. The summed E-state index contributed by atoms with van der Waals surface area (Å²) in [6.07, 6.45) is 0. The zero-order chi connectivity index (χ0) is 16.1. The Kier molecular flexibility index (Phi) is 5.05. The van der Waals surface area contributed by atoms with Crippen LogP contribution in [-0.2, 0) is 5.75 Å². The van der Waals surface area contributed by atoms with Crippen molar-refractivity contribution in [2.75, 3.05) is 5.32 Å². The molecule has 3 rings (SSSR count). The molecule has 0 atom stereocenters. The molecule has 0 aliphatic rings. The van der Waals surface area contributed by atoms with E-state index in [0.717, 1.165) is 10.8 Å². The molecule has 3 aromatic rings. The van der Waals surface area contributed by atoms with Gasteiger partial charge >= 0.3 is 0 Å². The van der Waals surface area contributed by atoms with E-state index in [1.165, 1.54) is 22.5 Å². The molecule has 0 bridgehead atoms. The van der Waals surface area contributed by atoms with E-state index in [1.54, 1.807) is 23.9 Å². The van der Waals surface area contributed by atoms with Crippen LogP contribution in [0.15, 0.2) is 58.9 Å². The summed E-state index contributed by atoms with van der Waals surface area (Å²) in [5, 5.41) is 13.6. The Bertz CT molecular complexity index is 769. The van der Waals surface area contributed by atoms with E-state index >= 15 is 0 Å². The van der Waals surface area contributed by atoms with E-state index in [4.69, 9.17) is 0 Å². The standard InChI is InChI=1S/C17H15N3OS2/c1-12-4-6-13(7-5-12)11-23-16-9-8-15(19-20-16)18-17(21)14-3-2-10-22-14/h2-10H,11H2,1H3,(H,18,19,21). The minimum atomic E-state index is -0.158. The Morgan fingerprint density at radius 3 is 2.61 bits per heavy atom. The minimum absolute atomic E-state index is 0.158. The topological polar surface area (TPSA) is 54.9 Å². The highest BCUT2D eigenvalue weighted by atomic mass is 32.2. The number of amides is 1. The van der Waals surface area contributed by atoms with E-state index in [2.05, 4.69) is 46.7 Å². The fraction of sp³-hybridized carbons (Fsp3) is 0.118. The molecular formula is C17H15N3OS2. The SMILES string of the molecule is Cc1ccc(CSc2ccc(NC(=O)c3cccs3)nn2)cc1. The Morgan fingerprint density at radius 1 is 1.13 bits per heavy atom. The van der Waals surface area contributed by atoms with Crippen molar-refractivity contribution in [2.24, 2.45) is 0 Å². The number of aromatic nitrogens is 2. The number of benzene rings is 1. The van der Waals surface area contributed by atoms with Crippen LogP contribution < -0.4 is 5.32 Å². The van der Waals surface area contributed by atoms with Gasteiger partial charge in [-0.25, -0.2) is 0 Å². The summed E-state index contributed by atoms with van der Waals surface area (Å²) in [7, 11) is 0. The van der Waals surface area contributed by atoms with Crippen molar-refractivity contribution >= 4 is 34.8 Å². The highest BCUT2D eigenvalue weighted by Gasteiger charge is 2.08. The number of carbonyl (C=O) groups is 1. The minimum Gasteiger partial charge on any atom is -0.304 e. The van der Waals surface area contributed by atoms with E-state index in [-0.39, 0.29) is 5.91 Å². The molecule has 1 N–H and O–H groups in total. The fourth-order valence-corrected chi connectivity index (χ4v) is 3.28. The molecule has 0 radical (unpaired) electrons. The van der Waals surface area contributed by atoms with Crippen LogP contribution in [0, 0.1) is 6.92 Å². The van der Waals surface area contributed by atoms with Gasteiger partial charge in [-0.3, -0.25) is 4.79 Å². The first kappa shape index (κ1) is 15.7. The number of nitrogens with zero attached hydrogens (tertiary/aromatic N) is 2. The maximum absolute atomic E-state index is 11.9. The number of carbonyl (C=O) groups excluding carboxylic acids is 1. The van der Waals surface area contributed by atoms with Gasteiger partial charge in [-0.05, 0) is 36.1 Å². The maximum atomic E-state index is 11.9. The maximum Gasteiger partial charge on any atom is 0.266 e. The van der Waals surface area contributed by atoms with Gasteiger partial charge < -0.3 is 5.32 Å². The van der Waals surface area contributed by atoms with E-state index in [9.17, 15) is 4.79 Å². The van der Waals surface area contributed by atoms with Gasteiger partial charge in [0.2, 0.25) is 0 Å². The van der Waals surface area contributed by atoms with Crippen molar-refractivity contribution in [1.82, 2.24) is 10.2 Å². The average molecular weight is 341 g/mol. The lowest BCUT2D eigenvalue weighted by Crippen LogP contribution is -2.11. The largest absolute Gasteiger partial charge is 0.304 e. The molecule has 116 valence electrons. The zero-order valence-corrected chi connectivity index (χ0v) is 14.2. The van der Waals surface area contributed by atoms with Crippen molar-refractivity contribution in [3.63, 3.8) is 0 Å². The predicted octanol–water partition coefficient (Wildman–Crippen LogP) is 4.39. The van der Waals surface area contributed by atoms with E-state index in [0.29, 0.717) is 10.7 Å². The molecule has 0 aliphatic heterocycles. The molecule has 0 saturated heterocycles. The van der Waals surface area contributed by atoms with Crippen LogP contribution in [0.2, 0.25) is 0 Å². The van der Waals surface area contributed by atoms with E-state index < -0.39 is 0 Å². The molecule has 23 heavy (non-hydrogen) atoms. The molecule has 2 aromatic heterocycles. The van der Waals surface area contributed by atoms with Crippen molar-refractivity contribution < 1.29 is 4.79 Å². The second-order valence-electron chi connectivity index (χ2n) is 4.96. The predicted molar refractivity (Wildman–Crippen MR) is 95.0 cm³/mol. The van der Waals surface area contributed by atoms with Gasteiger partial charge in [0.05, 0.1) is 4.88 Å². The molecule has 0 saturated carbocycles. The number of aryl methyl sites for hydroxylation is 1. The highest BCUT2D eigenvalue weighted by Crippen LogP contribution is 2.21. The molecule has 0 fully saturated rings. The Labute approximate surface area is 143 Å². The first-order valence-electron chi connectivity index (χ1n) is 7.07. The molecular weight excluding hydrogens is 326 g/mol. The molecule has 4 nitrogen and oxygen atoms in total. The van der Waals surface area contributed by atoms with Crippen LogP contribution in [0.5, 0.6) is 0 Å². The summed E-state index contributed by atoms with van der Waals surface area (Å²) < 4.78 is 0.